The van der Waals surface area contributed by atoms with Gasteiger partial charge in [0, 0.05) is 21.3 Å². The molecule has 2 rings (SSSR count). The van der Waals surface area contributed by atoms with Crippen LogP contribution >= 0.6 is 22.6 Å². The molecular weight excluding hydrogens is 397 g/mol. The third-order valence-corrected chi connectivity index (χ3v) is 4.03. The minimum absolute atomic E-state index is 0.0994. The molecule has 0 unspecified atom stereocenters. The van der Waals surface area contributed by atoms with E-state index in [4.69, 9.17) is 0 Å². The SMILES string of the molecule is N#CN(Cc1ccccc1I)C(=O)c1ccc([N+](=O)[O-])cc1. The number of nitro groups is 1. The zero-order chi connectivity index (χ0) is 16.1. The van der Waals surface area contributed by atoms with Gasteiger partial charge in [-0.15, -0.1) is 0 Å². The number of carbonyl (C=O) groups is 1. The minimum Gasteiger partial charge on any atom is -0.268 e. The quantitative estimate of drug-likeness (QED) is 0.256. The summed E-state index contributed by atoms with van der Waals surface area (Å²) in [5.41, 5.74) is 0.996. The fourth-order valence-corrected chi connectivity index (χ4v) is 2.39. The molecule has 0 bridgehead atoms. The molecule has 6 nitrogen and oxygen atoms in total. The number of halogens is 1. The Labute approximate surface area is 140 Å². The van der Waals surface area contributed by atoms with Gasteiger partial charge in [0.2, 0.25) is 0 Å². The van der Waals surface area contributed by atoms with Crippen molar-refractivity contribution in [1.29, 1.82) is 5.26 Å². The molecule has 0 spiro atoms. The van der Waals surface area contributed by atoms with Crippen molar-refractivity contribution >= 4 is 34.2 Å². The number of rotatable bonds is 4. The first-order chi connectivity index (χ1) is 10.5. The van der Waals surface area contributed by atoms with Crippen LogP contribution in [0, 0.1) is 25.1 Å². The normalized spacial score (nSPS) is 9.82. The number of hydrogen-bond donors (Lipinski definition) is 0. The molecule has 2 aromatic carbocycles. The maximum absolute atomic E-state index is 12.3. The van der Waals surface area contributed by atoms with Crippen molar-refractivity contribution in [3.05, 3.63) is 73.3 Å². The Bertz CT molecular complexity index is 753. The van der Waals surface area contributed by atoms with E-state index in [0.29, 0.717) is 0 Å². The molecule has 2 aromatic rings. The highest BCUT2D eigenvalue weighted by atomic mass is 127. The van der Waals surface area contributed by atoms with E-state index in [9.17, 15) is 20.2 Å². The summed E-state index contributed by atoms with van der Waals surface area (Å²) in [5, 5.41) is 19.8. The van der Waals surface area contributed by atoms with Crippen LogP contribution in [0.5, 0.6) is 0 Å². The highest BCUT2D eigenvalue weighted by Crippen LogP contribution is 2.17. The first-order valence-corrected chi connectivity index (χ1v) is 7.30. The van der Waals surface area contributed by atoms with Crippen LogP contribution in [0.3, 0.4) is 0 Å². The van der Waals surface area contributed by atoms with Crippen molar-refractivity contribution in [2.24, 2.45) is 0 Å². The second kappa shape index (κ2) is 7.00. The molecule has 0 N–H and O–H groups in total. The summed E-state index contributed by atoms with van der Waals surface area (Å²) in [4.78, 5) is 23.4. The lowest BCUT2D eigenvalue weighted by Crippen LogP contribution is -2.26. The number of amides is 1. The van der Waals surface area contributed by atoms with Crippen LogP contribution in [0.25, 0.3) is 0 Å². The fourth-order valence-electron chi connectivity index (χ4n) is 1.83. The highest BCUT2D eigenvalue weighted by Gasteiger charge is 2.18. The summed E-state index contributed by atoms with van der Waals surface area (Å²) >= 11 is 2.14. The summed E-state index contributed by atoms with van der Waals surface area (Å²) in [6.07, 6.45) is 1.86. The van der Waals surface area contributed by atoms with Crippen molar-refractivity contribution in [2.75, 3.05) is 0 Å². The second-order valence-corrected chi connectivity index (χ2v) is 5.55. The Hall–Kier alpha value is -2.47. The van der Waals surface area contributed by atoms with Crippen LogP contribution in [-0.4, -0.2) is 15.7 Å². The van der Waals surface area contributed by atoms with Gasteiger partial charge in [0.05, 0.1) is 11.5 Å². The zero-order valence-corrected chi connectivity index (χ0v) is 13.4. The predicted molar refractivity (Wildman–Crippen MR) is 87.7 cm³/mol. The van der Waals surface area contributed by atoms with Crippen LogP contribution in [0.1, 0.15) is 15.9 Å². The lowest BCUT2D eigenvalue weighted by Gasteiger charge is -2.14. The molecule has 1 amide bonds. The van der Waals surface area contributed by atoms with E-state index in [1.807, 2.05) is 30.5 Å². The largest absolute Gasteiger partial charge is 0.269 e. The topological polar surface area (TPSA) is 87.2 Å². The van der Waals surface area contributed by atoms with E-state index < -0.39 is 10.8 Å². The predicted octanol–water partition coefficient (Wildman–Crippen LogP) is 3.32. The molecule has 22 heavy (non-hydrogen) atoms. The molecule has 0 aliphatic heterocycles. The number of nitrogens with zero attached hydrogens (tertiary/aromatic N) is 3. The maximum atomic E-state index is 12.3. The first-order valence-electron chi connectivity index (χ1n) is 6.22. The van der Waals surface area contributed by atoms with Gasteiger partial charge in [-0.3, -0.25) is 14.9 Å². The summed E-state index contributed by atoms with van der Waals surface area (Å²) in [5.74, 6) is -0.489. The van der Waals surface area contributed by atoms with E-state index in [2.05, 4.69) is 22.6 Å². The van der Waals surface area contributed by atoms with E-state index in [0.717, 1.165) is 14.0 Å². The smallest absolute Gasteiger partial charge is 0.268 e. The summed E-state index contributed by atoms with van der Waals surface area (Å²) in [6.45, 7) is 0.158. The molecule has 0 saturated carbocycles. The van der Waals surface area contributed by atoms with Crippen molar-refractivity contribution in [2.45, 2.75) is 6.54 Å². The van der Waals surface area contributed by atoms with Gasteiger partial charge in [0.1, 0.15) is 0 Å². The Morgan fingerprint density at radius 1 is 1.23 bits per heavy atom. The molecule has 110 valence electrons. The number of non-ortho nitro benzene ring substituents is 1. The van der Waals surface area contributed by atoms with Crippen molar-refractivity contribution in [3.8, 4) is 6.19 Å². The van der Waals surface area contributed by atoms with Gasteiger partial charge in [0.25, 0.3) is 11.6 Å². The third-order valence-electron chi connectivity index (χ3n) is 2.98. The number of nitro benzene ring substituents is 1. The molecule has 0 fully saturated rings. The lowest BCUT2D eigenvalue weighted by atomic mass is 10.1. The maximum Gasteiger partial charge on any atom is 0.269 e. The summed E-state index contributed by atoms with van der Waals surface area (Å²) in [7, 11) is 0. The summed E-state index contributed by atoms with van der Waals surface area (Å²) in [6, 6.07) is 12.6. The van der Waals surface area contributed by atoms with Crippen LogP contribution in [0.15, 0.2) is 48.5 Å². The Kier molecular flexibility index (Phi) is 5.06. The number of hydrogen-bond acceptors (Lipinski definition) is 4. The van der Waals surface area contributed by atoms with Crippen molar-refractivity contribution < 1.29 is 9.72 Å². The van der Waals surface area contributed by atoms with Gasteiger partial charge in [0.15, 0.2) is 6.19 Å². The number of nitriles is 1. The Balaban J connectivity index is 2.20. The third kappa shape index (κ3) is 3.59. The molecule has 0 radical (unpaired) electrons. The van der Waals surface area contributed by atoms with Gasteiger partial charge in [-0.1, -0.05) is 18.2 Å². The van der Waals surface area contributed by atoms with E-state index in [-0.39, 0.29) is 17.8 Å². The highest BCUT2D eigenvalue weighted by molar-refractivity contribution is 14.1. The first kappa shape index (κ1) is 15.9. The van der Waals surface area contributed by atoms with Gasteiger partial charge in [-0.25, -0.2) is 4.90 Å². The van der Waals surface area contributed by atoms with Gasteiger partial charge >= 0.3 is 0 Å². The zero-order valence-electron chi connectivity index (χ0n) is 11.3. The van der Waals surface area contributed by atoms with E-state index in [1.165, 1.54) is 24.3 Å². The molecule has 0 heterocycles. The van der Waals surface area contributed by atoms with E-state index in [1.54, 1.807) is 0 Å². The Morgan fingerprint density at radius 2 is 1.86 bits per heavy atom. The second-order valence-electron chi connectivity index (χ2n) is 4.39. The minimum atomic E-state index is -0.539. The molecule has 0 aliphatic carbocycles. The lowest BCUT2D eigenvalue weighted by molar-refractivity contribution is -0.384. The van der Waals surface area contributed by atoms with E-state index >= 15 is 0 Å². The summed E-state index contributed by atoms with van der Waals surface area (Å²) < 4.78 is 0.955. The van der Waals surface area contributed by atoms with Gasteiger partial charge in [-0.2, -0.15) is 5.26 Å². The molecular formula is C15H10IN3O3. The van der Waals surface area contributed by atoms with Gasteiger partial charge < -0.3 is 0 Å². The van der Waals surface area contributed by atoms with Crippen LogP contribution in [0.2, 0.25) is 0 Å². The van der Waals surface area contributed by atoms with Crippen LogP contribution in [-0.2, 0) is 6.54 Å². The molecule has 0 aromatic heterocycles. The van der Waals surface area contributed by atoms with Crippen LogP contribution < -0.4 is 0 Å². The van der Waals surface area contributed by atoms with Crippen LogP contribution in [0.4, 0.5) is 5.69 Å². The van der Waals surface area contributed by atoms with Crippen molar-refractivity contribution in [1.82, 2.24) is 4.90 Å². The fraction of sp³-hybridized carbons (Fsp3) is 0.0667. The number of carbonyl (C=O) groups excluding carboxylic acids is 1. The molecule has 7 heteroatoms. The molecule has 0 saturated heterocycles. The monoisotopic (exact) mass is 407 g/mol. The molecule has 0 atom stereocenters. The average Bonchev–Trinajstić information content (AvgIpc) is 2.53. The standard InChI is InChI=1S/C15H10IN3O3/c16-14-4-2-1-3-12(14)9-18(10-17)15(20)11-5-7-13(8-6-11)19(21)22/h1-8H,9H2. The Morgan fingerprint density at radius 3 is 2.41 bits per heavy atom. The van der Waals surface area contributed by atoms with Crippen molar-refractivity contribution in [3.63, 3.8) is 0 Å². The molecule has 0 aliphatic rings. The number of benzene rings is 2. The average molecular weight is 407 g/mol. The van der Waals surface area contributed by atoms with Gasteiger partial charge in [-0.05, 0) is 46.4 Å².